The zero-order chi connectivity index (χ0) is 13.7. The third kappa shape index (κ3) is 1.69. The fraction of sp³-hybridized carbons (Fsp3) is 0.158. The fourth-order valence-corrected chi connectivity index (χ4v) is 5.15. The first-order valence-electron chi connectivity index (χ1n) is 7.07. The maximum Gasteiger partial charge on any atom is 0.00382 e. The van der Waals surface area contributed by atoms with Gasteiger partial charge in [0.05, 0.1) is 0 Å². The molecule has 0 aliphatic heterocycles. The first kappa shape index (κ1) is 12.0. The van der Waals surface area contributed by atoms with Gasteiger partial charge in [0, 0.05) is 5.30 Å². The molecule has 1 heteroatoms. The van der Waals surface area contributed by atoms with Gasteiger partial charge in [0.2, 0.25) is 0 Å². The number of benzene rings is 2. The van der Waals surface area contributed by atoms with E-state index in [2.05, 4.69) is 67.9 Å². The van der Waals surface area contributed by atoms with E-state index in [1.165, 1.54) is 33.4 Å². The van der Waals surface area contributed by atoms with Crippen LogP contribution in [-0.4, -0.2) is 0 Å². The van der Waals surface area contributed by atoms with Crippen LogP contribution in [-0.2, 0) is 13.1 Å². The van der Waals surface area contributed by atoms with E-state index in [9.17, 15) is 0 Å². The molecule has 98 valence electrons. The molecule has 2 aromatic carbocycles. The lowest BCUT2D eigenvalue weighted by Crippen LogP contribution is -1.83. The smallest absolute Gasteiger partial charge is 0.00382 e. The molecule has 4 rings (SSSR count). The molecule has 1 unspecified atom stereocenters. The Bertz CT molecular complexity index is 789. The average molecular weight is 276 g/mol. The Morgan fingerprint density at radius 3 is 2.50 bits per heavy atom. The molecule has 20 heavy (non-hydrogen) atoms. The van der Waals surface area contributed by atoms with Crippen LogP contribution in [0, 0.1) is 6.92 Å². The second kappa shape index (κ2) is 4.36. The van der Waals surface area contributed by atoms with Gasteiger partial charge in [0.1, 0.15) is 0 Å². The minimum atomic E-state index is -0.110. The normalized spacial score (nSPS) is 13.2. The molecule has 1 aromatic heterocycles. The highest BCUT2D eigenvalue weighted by atomic mass is 31.1. The summed E-state index contributed by atoms with van der Waals surface area (Å²) in [6.07, 6.45) is 1.08. The summed E-state index contributed by atoms with van der Waals surface area (Å²) in [7, 11) is -0.110. The van der Waals surface area contributed by atoms with E-state index in [1.54, 1.807) is 5.30 Å². The standard InChI is InChI=1S/C19H17P/c1-13-9-10-20(2)19(13)15-7-8-18-16(12-15)11-14-5-3-4-6-17(14)18/h3-10,12H,11H2,1-2H3. The molecular formula is C19H17P. The summed E-state index contributed by atoms with van der Waals surface area (Å²) < 4.78 is 0. The highest BCUT2D eigenvalue weighted by Gasteiger charge is 2.18. The van der Waals surface area contributed by atoms with Crippen LogP contribution >= 0.6 is 7.53 Å². The van der Waals surface area contributed by atoms with Gasteiger partial charge in [-0.15, -0.1) is 7.53 Å². The van der Waals surface area contributed by atoms with Crippen LogP contribution < -0.4 is 0 Å². The number of aryl methyl sites for hydroxylation is 2. The zero-order valence-corrected chi connectivity index (χ0v) is 12.7. The Morgan fingerprint density at radius 2 is 1.70 bits per heavy atom. The third-order valence-electron chi connectivity index (χ3n) is 4.34. The van der Waals surface area contributed by atoms with E-state index < -0.39 is 0 Å². The van der Waals surface area contributed by atoms with E-state index in [1.807, 2.05) is 0 Å². The molecule has 0 saturated carbocycles. The van der Waals surface area contributed by atoms with Crippen molar-refractivity contribution < 1.29 is 0 Å². The molecule has 0 spiro atoms. The quantitative estimate of drug-likeness (QED) is 0.415. The highest BCUT2D eigenvalue weighted by molar-refractivity contribution is 7.50. The maximum absolute atomic E-state index is 2.42. The van der Waals surface area contributed by atoms with E-state index in [-0.39, 0.29) is 7.53 Å². The fourth-order valence-electron chi connectivity index (χ4n) is 3.38. The van der Waals surface area contributed by atoms with Gasteiger partial charge in [-0.25, -0.2) is 0 Å². The van der Waals surface area contributed by atoms with Gasteiger partial charge < -0.3 is 0 Å². The maximum atomic E-state index is 2.42. The van der Waals surface area contributed by atoms with Crippen LogP contribution in [0.15, 0.2) is 54.3 Å². The SMILES string of the molecule is Cc1ccp(C)c1-c1ccc2c(c1)Cc1ccccc1-2. The van der Waals surface area contributed by atoms with E-state index >= 15 is 0 Å². The molecular weight excluding hydrogens is 259 g/mol. The molecule has 1 atom stereocenters. The van der Waals surface area contributed by atoms with Crippen molar-refractivity contribution in [3.63, 3.8) is 0 Å². The van der Waals surface area contributed by atoms with Gasteiger partial charge in [-0.1, -0.05) is 42.5 Å². The summed E-state index contributed by atoms with van der Waals surface area (Å²) in [5, 5.41) is 1.55. The lowest BCUT2D eigenvalue weighted by molar-refractivity contribution is 1.26. The summed E-state index contributed by atoms with van der Waals surface area (Å²) in [6, 6.07) is 18.1. The minimum Gasteiger partial charge on any atom is -0.120 e. The Kier molecular flexibility index (Phi) is 2.62. The molecule has 1 aliphatic carbocycles. The van der Waals surface area contributed by atoms with Crippen molar-refractivity contribution in [2.75, 3.05) is 0 Å². The molecule has 0 nitrogen and oxygen atoms in total. The number of rotatable bonds is 1. The van der Waals surface area contributed by atoms with E-state index in [0.29, 0.717) is 0 Å². The Labute approximate surface area is 121 Å². The first-order valence-corrected chi connectivity index (χ1v) is 8.93. The van der Waals surface area contributed by atoms with E-state index in [0.717, 1.165) is 6.42 Å². The summed E-state index contributed by atoms with van der Waals surface area (Å²) in [6.45, 7) is 4.58. The largest absolute Gasteiger partial charge is 0.120 e. The zero-order valence-electron chi connectivity index (χ0n) is 11.9. The molecule has 0 saturated heterocycles. The predicted molar refractivity (Wildman–Crippen MR) is 88.5 cm³/mol. The first-order chi connectivity index (χ1) is 9.74. The van der Waals surface area contributed by atoms with E-state index in [4.69, 9.17) is 0 Å². The van der Waals surface area contributed by atoms with Crippen LogP contribution in [0.5, 0.6) is 0 Å². The van der Waals surface area contributed by atoms with Gasteiger partial charge in [-0.2, -0.15) is 0 Å². The molecule has 1 heterocycles. The third-order valence-corrected chi connectivity index (χ3v) is 6.25. The predicted octanol–water partition coefficient (Wildman–Crippen LogP) is 5.76. The number of hydrogen-bond donors (Lipinski definition) is 0. The Morgan fingerprint density at radius 1 is 0.900 bits per heavy atom. The van der Waals surface area contributed by atoms with Crippen molar-refractivity contribution in [1.82, 2.24) is 0 Å². The Balaban J connectivity index is 1.87. The van der Waals surface area contributed by atoms with Crippen LogP contribution in [0.4, 0.5) is 0 Å². The molecule has 3 aromatic rings. The van der Waals surface area contributed by atoms with Crippen molar-refractivity contribution in [2.45, 2.75) is 13.3 Å². The monoisotopic (exact) mass is 276 g/mol. The van der Waals surface area contributed by atoms with Crippen LogP contribution in [0.1, 0.15) is 16.7 Å². The van der Waals surface area contributed by atoms with Gasteiger partial charge in [0.25, 0.3) is 0 Å². The minimum absolute atomic E-state index is 0.110. The summed E-state index contributed by atoms with van der Waals surface area (Å²) in [4.78, 5) is 0. The van der Waals surface area contributed by atoms with Gasteiger partial charge in [-0.3, -0.25) is 0 Å². The van der Waals surface area contributed by atoms with Crippen LogP contribution in [0.2, 0.25) is 0 Å². The Hall–Kier alpha value is -1.78. The summed E-state index contributed by atoms with van der Waals surface area (Å²) in [5.41, 5.74) is 8.66. The number of fused-ring (bicyclic) bond motifs is 3. The van der Waals surface area contributed by atoms with Gasteiger partial charge >= 0.3 is 0 Å². The molecule has 0 amide bonds. The molecule has 0 fully saturated rings. The number of hydrogen-bond acceptors (Lipinski definition) is 0. The second-order valence-corrected chi connectivity index (χ2v) is 7.63. The molecule has 0 radical (unpaired) electrons. The molecule has 0 N–H and O–H groups in total. The van der Waals surface area contributed by atoms with Crippen molar-refractivity contribution in [3.8, 4) is 22.0 Å². The van der Waals surface area contributed by atoms with Gasteiger partial charge in [-0.05, 0) is 65.3 Å². The topological polar surface area (TPSA) is 0 Å². The highest BCUT2D eigenvalue weighted by Crippen LogP contribution is 2.45. The molecule has 1 aliphatic rings. The van der Waals surface area contributed by atoms with Crippen molar-refractivity contribution in [1.29, 1.82) is 0 Å². The summed E-state index contributed by atoms with van der Waals surface area (Å²) >= 11 is 0. The lowest BCUT2D eigenvalue weighted by atomic mass is 10.0. The summed E-state index contributed by atoms with van der Waals surface area (Å²) in [5.74, 6) is 2.36. The second-order valence-electron chi connectivity index (χ2n) is 5.66. The van der Waals surface area contributed by atoms with Gasteiger partial charge in [0.15, 0.2) is 0 Å². The van der Waals surface area contributed by atoms with Crippen LogP contribution in [0.3, 0.4) is 0 Å². The van der Waals surface area contributed by atoms with Crippen molar-refractivity contribution >= 4 is 7.53 Å². The average Bonchev–Trinajstić information content (AvgIpc) is 2.98. The van der Waals surface area contributed by atoms with Crippen molar-refractivity contribution in [2.24, 2.45) is 6.66 Å². The van der Waals surface area contributed by atoms with Crippen LogP contribution in [0.25, 0.3) is 22.0 Å². The van der Waals surface area contributed by atoms with Crippen molar-refractivity contribution in [3.05, 3.63) is 71.0 Å². The molecule has 0 bridgehead atoms. The lowest BCUT2D eigenvalue weighted by Gasteiger charge is -2.07.